The summed E-state index contributed by atoms with van der Waals surface area (Å²) in [5, 5.41) is 1.42. The molecule has 3 aromatic rings. The first-order chi connectivity index (χ1) is 15.2. The maximum Gasteiger partial charge on any atom is 0.573 e. The van der Waals surface area contributed by atoms with Gasteiger partial charge in [0.15, 0.2) is 11.6 Å². The molecule has 4 rings (SSSR count). The molecule has 0 radical (unpaired) electrons. The van der Waals surface area contributed by atoms with Crippen molar-refractivity contribution in [2.45, 2.75) is 64.1 Å². The van der Waals surface area contributed by atoms with Gasteiger partial charge >= 0.3 is 6.36 Å². The number of halogens is 5. The summed E-state index contributed by atoms with van der Waals surface area (Å²) < 4.78 is 70.8. The number of hydrogen-bond donors (Lipinski definition) is 0. The summed E-state index contributed by atoms with van der Waals surface area (Å²) in [5.41, 5.74) is 2.97. The lowest BCUT2D eigenvalue weighted by atomic mass is 9.79. The second-order valence-electron chi connectivity index (χ2n) is 8.52. The van der Waals surface area contributed by atoms with Gasteiger partial charge in [-0.1, -0.05) is 50.1 Å². The lowest BCUT2D eigenvalue weighted by Gasteiger charge is -2.26. The van der Waals surface area contributed by atoms with Gasteiger partial charge in [0.05, 0.1) is 0 Å². The molecule has 32 heavy (non-hydrogen) atoms. The van der Waals surface area contributed by atoms with E-state index in [4.69, 9.17) is 0 Å². The standard InChI is InChI=1S/C26H25F5O/c1-2-3-4-5-16-6-10-21-18(12-16)9-11-22(25(21)28)19-8-7-17-15-24(32-26(29,30)31)23(27)14-20(17)13-19/h6,9-12,14-15,19H,2-5,7-8,13H2,1H3. The Morgan fingerprint density at radius 2 is 1.78 bits per heavy atom. The predicted octanol–water partition coefficient (Wildman–Crippen LogP) is 8.02. The van der Waals surface area contributed by atoms with Crippen LogP contribution < -0.4 is 4.74 Å². The van der Waals surface area contributed by atoms with Crippen LogP contribution >= 0.6 is 0 Å². The largest absolute Gasteiger partial charge is 0.573 e. The summed E-state index contributed by atoms with van der Waals surface area (Å²) in [4.78, 5) is 0. The summed E-state index contributed by atoms with van der Waals surface area (Å²) in [5.74, 6) is -2.31. The predicted molar refractivity (Wildman–Crippen MR) is 115 cm³/mol. The number of unbranched alkanes of at least 4 members (excludes halogenated alkanes) is 2. The van der Waals surface area contributed by atoms with E-state index < -0.39 is 17.9 Å². The van der Waals surface area contributed by atoms with Gasteiger partial charge in [0.1, 0.15) is 5.82 Å². The highest BCUT2D eigenvalue weighted by Crippen LogP contribution is 2.39. The van der Waals surface area contributed by atoms with Crippen molar-refractivity contribution in [2.24, 2.45) is 0 Å². The highest BCUT2D eigenvalue weighted by atomic mass is 19.4. The van der Waals surface area contributed by atoms with E-state index in [2.05, 4.69) is 11.7 Å². The highest BCUT2D eigenvalue weighted by molar-refractivity contribution is 5.84. The first kappa shape index (κ1) is 22.6. The van der Waals surface area contributed by atoms with Crippen molar-refractivity contribution in [3.05, 3.63) is 76.4 Å². The van der Waals surface area contributed by atoms with Gasteiger partial charge in [0.2, 0.25) is 0 Å². The molecule has 0 N–H and O–H groups in total. The molecule has 3 aromatic carbocycles. The van der Waals surface area contributed by atoms with Gasteiger partial charge in [-0.25, -0.2) is 8.78 Å². The molecule has 0 bridgehead atoms. The van der Waals surface area contributed by atoms with E-state index >= 15 is 4.39 Å². The third-order valence-electron chi connectivity index (χ3n) is 6.27. The Kier molecular flexibility index (Phi) is 6.40. The van der Waals surface area contributed by atoms with Crippen LogP contribution in [0.1, 0.15) is 60.8 Å². The van der Waals surface area contributed by atoms with Crippen LogP contribution in [0.5, 0.6) is 5.75 Å². The lowest BCUT2D eigenvalue weighted by molar-refractivity contribution is -0.275. The van der Waals surface area contributed by atoms with Crippen molar-refractivity contribution in [1.29, 1.82) is 0 Å². The average Bonchev–Trinajstić information content (AvgIpc) is 2.73. The molecular formula is C26H25F5O. The smallest absolute Gasteiger partial charge is 0.403 e. The van der Waals surface area contributed by atoms with Crippen LogP contribution in [0.3, 0.4) is 0 Å². The number of hydrogen-bond acceptors (Lipinski definition) is 1. The Hall–Kier alpha value is -2.63. The molecule has 0 saturated heterocycles. The van der Waals surface area contributed by atoms with Gasteiger partial charge in [-0.2, -0.15) is 0 Å². The highest BCUT2D eigenvalue weighted by Gasteiger charge is 2.33. The topological polar surface area (TPSA) is 9.23 Å². The Morgan fingerprint density at radius 1 is 0.969 bits per heavy atom. The molecule has 170 valence electrons. The molecule has 1 aliphatic carbocycles. The molecule has 1 atom stereocenters. The van der Waals surface area contributed by atoms with Gasteiger partial charge in [-0.15, -0.1) is 13.2 Å². The van der Waals surface area contributed by atoms with Crippen LogP contribution in [0.25, 0.3) is 10.8 Å². The van der Waals surface area contributed by atoms with E-state index in [0.29, 0.717) is 41.3 Å². The average molecular weight is 448 g/mol. The maximum atomic E-state index is 15.4. The first-order valence-electron chi connectivity index (χ1n) is 11.0. The van der Waals surface area contributed by atoms with Gasteiger partial charge < -0.3 is 4.74 Å². The third kappa shape index (κ3) is 4.89. The number of alkyl halides is 3. The van der Waals surface area contributed by atoms with Crippen LogP contribution in [-0.4, -0.2) is 6.36 Å². The minimum Gasteiger partial charge on any atom is -0.403 e. The molecule has 0 aliphatic heterocycles. The molecule has 1 unspecified atom stereocenters. The van der Waals surface area contributed by atoms with E-state index in [-0.39, 0.29) is 11.7 Å². The van der Waals surface area contributed by atoms with E-state index in [0.717, 1.165) is 36.8 Å². The molecule has 6 heteroatoms. The Labute approximate surface area is 184 Å². The molecule has 0 spiro atoms. The van der Waals surface area contributed by atoms with Crippen molar-refractivity contribution in [1.82, 2.24) is 0 Å². The normalized spacial score (nSPS) is 16.2. The summed E-state index contributed by atoms with van der Waals surface area (Å²) in [6.45, 7) is 2.16. The quantitative estimate of drug-likeness (QED) is 0.274. The molecule has 1 aliphatic rings. The number of aryl methyl sites for hydroxylation is 2. The minimum atomic E-state index is -4.95. The number of fused-ring (bicyclic) bond motifs is 2. The monoisotopic (exact) mass is 448 g/mol. The van der Waals surface area contributed by atoms with E-state index in [9.17, 15) is 17.6 Å². The van der Waals surface area contributed by atoms with Gasteiger partial charge in [-0.3, -0.25) is 0 Å². The Bertz CT molecular complexity index is 1120. The van der Waals surface area contributed by atoms with Gasteiger partial charge in [0.25, 0.3) is 0 Å². The summed E-state index contributed by atoms with van der Waals surface area (Å²) in [7, 11) is 0. The number of ether oxygens (including phenoxy) is 1. The van der Waals surface area contributed by atoms with E-state index in [1.165, 1.54) is 12.0 Å². The van der Waals surface area contributed by atoms with Crippen LogP contribution in [0.2, 0.25) is 0 Å². The SMILES string of the molecule is CCCCCc1ccc2c(F)c(C3CCc4cc(OC(F)(F)F)c(F)cc4C3)ccc2c1. The molecule has 0 saturated carbocycles. The van der Waals surface area contributed by atoms with Crippen molar-refractivity contribution in [3.8, 4) is 5.75 Å². The van der Waals surface area contributed by atoms with Crippen LogP contribution in [-0.2, 0) is 19.3 Å². The lowest BCUT2D eigenvalue weighted by Crippen LogP contribution is -2.19. The van der Waals surface area contributed by atoms with Crippen LogP contribution in [0.4, 0.5) is 22.0 Å². The minimum absolute atomic E-state index is 0.162. The second kappa shape index (κ2) is 9.08. The zero-order valence-electron chi connectivity index (χ0n) is 17.9. The molecule has 1 nitrogen and oxygen atoms in total. The van der Waals surface area contributed by atoms with Gasteiger partial charge in [0, 0.05) is 5.39 Å². The van der Waals surface area contributed by atoms with E-state index in [1.54, 1.807) is 6.07 Å². The number of benzene rings is 3. The van der Waals surface area contributed by atoms with Crippen molar-refractivity contribution < 1.29 is 26.7 Å². The Morgan fingerprint density at radius 3 is 2.53 bits per heavy atom. The van der Waals surface area contributed by atoms with Crippen molar-refractivity contribution >= 4 is 10.8 Å². The van der Waals surface area contributed by atoms with Crippen molar-refractivity contribution in [3.63, 3.8) is 0 Å². The molecule has 0 amide bonds. The maximum absolute atomic E-state index is 15.4. The van der Waals surface area contributed by atoms with Gasteiger partial charge in [-0.05, 0) is 77.8 Å². The fraction of sp³-hybridized carbons (Fsp3) is 0.385. The van der Waals surface area contributed by atoms with Crippen LogP contribution in [0, 0.1) is 11.6 Å². The summed E-state index contributed by atoms with van der Waals surface area (Å²) in [6.07, 6.45) is 0.820. The first-order valence-corrected chi connectivity index (χ1v) is 11.0. The molecule has 0 heterocycles. The molecule has 0 aromatic heterocycles. The van der Waals surface area contributed by atoms with Crippen molar-refractivity contribution in [2.75, 3.05) is 0 Å². The third-order valence-corrected chi connectivity index (χ3v) is 6.27. The number of rotatable bonds is 6. The Balaban J connectivity index is 1.57. The zero-order valence-corrected chi connectivity index (χ0v) is 17.9. The fourth-order valence-corrected chi connectivity index (χ4v) is 4.63. The summed E-state index contributed by atoms with van der Waals surface area (Å²) in [6, 6.07) is 11.8. The fourth-order valence-electron chi connectivity index (χ4n) is 4.63. The zero-order chi connectivity index (χ0) is 22.9. The van der Waals surface area contributed by atoms with E-state index in [1.807, 2.05) is 24.3 Å². The molecule has 0 fully saturated rings. The van der Waals surface area contributed by atoms with Crippen LogP contribution in [0.15, 0.2) is 42.5 Å². The second-order valence-corrected chi connectivity index (χ2v) is 8.52. The summed E-state index contributed by atoms with van der Waals surface area (Å²) >= 11 is 0. The molecular weight excluding hydrogens is 423 g/mol.